The molecule has 2 aromatic rings. The van der Waals surface area contributed by atoms with Crippen LogP contribution in [0.3, 0.4) is 0 Å². The summed E-state index contributed by atoms with van der Waals surface area (Å²) in [5, 5.41) is 5.11. The fraction of sp³-hybridized carbons (Fsp3) is 0.273. The number of Topliss-reactive ketones (excluding diaryl/α,β-unsaturated/α-hetero) is 1. The van der Waals surface area contributed by atoms with Gasteiger partial charge in [-0.3, -0.25) is 9.48 Å². The normalized spacial score (nSPS) is 10.8. The molecule has 0 unspecified atom stereocenters. The molecule has 3 nitrogen and oxygen atoms in total. The Balaban J connectivity index is 2.43. The summed E-state index contributed by atoms with van der Waals surface area (Å²) in [6, 6.07) is 5.58. The molecule has 0 fully saturated rings. The van der Waals surface area contributed by atoms with E-state index in [2.05, 4.69) is 5.10 Å². The first-order valence-electron chi connectivity index (χ1n) is 4.73. The van der Waals surface area contributed by atoms with E-state index in [0.29, 0.717) is 17.9 Å². The standard InChI is InChI=1S/C11H11ClN2O/c1-14-10-3-2-8(11(15)4-5-12)6-9(10)7-13-14/h2-3,6-7H,4-5H2,1H3. The Morgan fingerprint density at radius 3 is 3.07 bits per heavy atom. The summed E-state index contributed by atoms with van der Waals surface area (Å²) in [5.74, 6) is 0.444. The van der Waals surface area contributed by atoms with Crippen molar-refractivity contribution in [1.29, 1.82) is 0 Å². The molecule has 0 aliphatic rings. The molecule has 0 bridgehead atoms. The number of aromatic nitrogens is 2. The summed E-state index contributed by atoms with van der Waals surface area (Å²) < 4.78 is 1.78. The topological polar surface area (TPSA) is 34.9 Å². The second-order valence-electron chi connectivity index (χ2n) is 3.40. The SMILES string of the molecule is Cn1ncc2cc(C(=O)CCCl)ccc21. The molecule has 1 aromatic heterocycles. The minimum absolute atomic E-state index is 0.0794. The van der Waals surface area contributed by atoms with Gasteiger partial charge in [0.15, 0.2) is 5.78 Å². The Kier molecular flexibility index (Phi) is 2.73. The van der Waals surface area contributed by atoms with E-state index in [4.69, 9.17) is 11.6 Å². The maximum atomic E-state index is 11.6. The van der Waals surface area contributed by atoms with E-state index in [-0.39, 0.29) is 5.78 Å². The lowest BCUT2D eigenvalue weighted by Crippen LogP contribution is -1.99. The van der Waals surface area contributed by atoms with Crippen LogP contribution in [0.5, 0.6) is 0 Å². The van der Waals surface area contributed by atoms with E-state index in [1.807, 2.05) is 25.2 Å². The zero-order valence-electron chi connectivity index (χ0n) is 8.40. The van der Waals surface area contributed by atoms with Gasteiger partial charge in [-0.05, 0) is 18.2 Å². The quantitative estimate of drug-likeness (QED) is 0.591. The molecular formula is C11H11ClN2O. The highest BCUT2D eigenvalue weighted by molar-refractivity contribution is 6.19. The molecule has 78 valence electrons. The minimum Gasteiger partial charge on any atom is -0.294 e. The first-order valence-corrected chi connectivity index (χ1v) is 5.27. The Morgan fingerprint density at radius 1 is 1.53 bits per heavy atom. The van der Waals surface area contributed by atoms with Crippen LogP contribution in [0.25, 0.3) is 10.9 Å². The van der Waals surface area contributed by atoms with Gasteiger partial charge in [0, 0.05) is 30.3 Å². The van der Waals surface area contributed by atoms with Crippen molar-refractivity contribution >= 4 is 28.3 Å². The van der Waals surface area contributed by atoms with Gasteiger partial charge in [-0.25, -0.2) is 0 Å². The number of ketones is 1. The number of halogens is 1. The van der Waals surface area contributed by atoms with Gasteiger partial charge >= 0.3 is 0 Å². The molecule has 0 saturated heterocycles. The van der Waals surface area contributed by atoms with Crippen molar-refractivity contribution in [3.63, 3.8) is 0 Å². The van der Waals surface area contributed by atoms with E-state index in [0.717, 1.165) is 10.9 Å². The average Bonchev–Trinajstić information content (AvgIpc) is 2.60. The number of aryl methyl sites for hydroxylation is 1. The van der Waals surface area contributed by atoms with Crippen molar-refractivity contribution < 1.29 is 4.79 Å². The van der Waals surface area contributed by atoms with Crippen LogP contribution in [0, 0.1) is 0 Å². The van der Waals surface area contributed by atoms with Crippen molar-refractivity contribution in [2.24, 2.45) is 7.05 Å². The Bertz CT molecular complexity index is 504. The minimum atomic E-state index is 0.0794. The molecule has 0 spiro atoms. The van der Waals surface area contributed by atoms with E-state index < -0.39 is 0 Å². The number of hydrogen-bond acceptors (Lipinski definition) is 2. The third-order valence-electron chi connectivity index (χ3n) is 2.39. The van der Waals surface area contributed by atoms with Crippen molar-refractivity contribution in [3.8, 4) is 0 Å². The lowest BCUT2D eigenvalue weighted by Gasteiger charge is -1.99. The summed E-state index contributed by atoms with van der Waals surface area (Å²) in [6.45, 7) is 0. The number of carbonyl (C=O) groups is 1. The van der Waals surface area contributed by atoms with E-state index in [1.54, 1.807) is 10.9 Å². The van der Waals surface area contributed by atoms with Gasteiger partial charge in [-0.2, -0.15) is 5.10 Å². The molecule has 0 radical (unpaired) electrons. The first kappa shape index (κ1) is 10.2. The Hall–Kier alpha value is -1.35. The maximum absolute atomic E-state index is 11.6. The van der Waals surface area contributed by atoms with Crippen LogP contribution >= 0.6 is 11.6 Å². The van der Waals surface area contributed by atoms with Gasteiger partial charge in [-0.15, -0.1) is 11.6 Å². The second kappa shape index (κ2) is 4.03. The van der Waals surface area contributed by atoms with Crippen LogP contribution in [0.2, 0.25) is 0 Å². The smallest absolute Gasteiger partial charge is 0.164 e. The predicted octanol–water partition coefficient (Wildman–Crippen LogP) is 2.38. The van der Waals surface area contributed by atoms with Crippen LogP contribution < -0.4 is 0 Å². The molecule has 0 atom stereocenters. The fourth-order valence-corrected chi connectivity index (χ4v) is 1.74. The molecule has 2 rings (SSSR count). The highest BCUT2D eigenvalue weighted by Crippen LogP contribution is 2.16. The van der Waals surface area contributed by atoms with Crippen molar-refractivity contribution in [1.82, 2.24) is 9.78 Å². The predicted molar refractivity (Wildman–Crippen MR) is 60.4 cm³/mol. The molecule has 0 aliphatic carbocycles. The van der Waals surface area contributed by atoms with Gasteiger partial charge in [0.05, 0.1) is 11.7 Å². The third-order valence-corrected chi connectivity index (χ3v) is 2.58. The highest BCUT2D eigenvalue weighted by Gasteiger charge is 2.07. The molecule has 1 heterocycles. The van der Waals surface area contributed by atoms with Crippen LogP contribution in [0.1, 0.15) is 16.8 Å². The van der Waals surface area contributed by atoms with E-state index in [1.165, 1.54) is 0 Å². The van der Waals surface area contributed by atoms with Gasteiger partial charge in [0.1, 0.15) is 0 Å². The van der Waals surface area contributed by atoms with Crippen molar-refractivity contribution in [3.05, 3.63) is 30.0 Å². The van der Waals surface area contributed by atoms with E-state index in [9.17, 15) is 4.79 Å². The molecule has 0 N–H and O–H groups in total. The lowest BCUT2D eigenvalue weighted by atomic mass is 10.1. The maximum Gasteiger partial charge on any atom is 0.164 e. The number of carbonyl (C=O) groups excluding carboxylic acids is 1. The Labute approximate surface area is 92.6 Å². The number of alkyl halides is 1. The fourth-order valence-electron chi connectivity index (χ4n) is 1.57. The monoisotopic (exact) mass is 222 g/mol. The van der Waals surface area contributed by atoms with Gasteiger partial charge < -0.3 is 0 Å². The number of benzene rings is 1. The summed E-state index contributed by atoms with van der Waals surface area (Å²) in [6.07, 6.45) is 2.14. The zero-order valence-corrected chi connectivity index (χ0v) is 9.16. The molecule has 0 aliphatic heterocycles. The first-order chi connectivity index (χ1) is 7.22. The van der Waals surface area contributed by atoms with Crippen LogP contribution in [-0.4, -0.2) is 21.4 Å². The van der Waals surface area contributed by atoms with Crippen LogP contribution in [-0.2, 0) is 7.05 Å². The molecule has 0 saturated carbocycles. The summed E-state index contributed by atoms with van der Waals surface area (Å²) in [4.78, 5) is 11.6. The molecule has 4 heteroatoms. The lowest BCUT2D eigenvalue weighted by molar-refractivity contribution is 0.0989. The van der Waals surface area contributed by atoms with E-state index >= 15 is 0 Å². The largest absolute Gasteiger partial charge is 0.294 e. The molecular weight excluding hydrogens is 212 g/mol. The summed E-state index contributed by atoms with van der Waals surface area (Å²) in [7, 11) is 1.88. The molecule has 15 heavy (non-hydrogen) atoms. The summed E-state index contributed by atoms with van der Waals surface area (Å²) in [5.41, 5.74) is 1.73. The number of nitrogens with zero attached hydrogens (tertiary/aromatic N) is 2. The molecule has 0 amide bonds. The van der Waals surface area contributed by atoms with Gasteiger partial charge in [0.25, 0.3) is 0 Å². The van der Waals surface area contributed by atoms with Crippen molar-refractivity contribution in [2.45, 2.75) is 6.42 Å². The molecule has 1 aromatic carbocycles. The van der Waals surface area contributed by atoms with Crippen molar-refractivity contribution in [2.75, 3.05) is 5.88 Å². The van der Waals surface area contributed by atoms with Crippen LogP contribution in [0.4, 0.5) is 0 Å². The Morgan fingerprint density at radius 2 is 2.33 bits per heavy atom. The second-order valence-corrected chi connectivity index (χ2v) is 3.78. The van der Waals surface area contributed by atoms with Crippen LogP contribution in [0.15, 0.2) is 24.4 Å². The number of rotatable bonds is 3. The third kappa shape index (κ3) is 1.88. The summed E-state index contributed by atoms with van der Waals surface area (Å²) >= 11 is 5.53. The van der Waals surface area contributed by atoms with Gasteiger partial charge in [-0.1, -0.05) is 0 Å². The highest BCUT2D eigenvalue weighted by atomic mass is 35.5. The number of fused-ring (bicyclic) bond motifs is 1. The number of hydrogen-bond donors (Lipinski definition) is 0. The zero-order chi connectivity index (χ0) is 10.8. The van der Waals surface area contributed by atoms with Gasteiger partial charge in [0.2, 0.25) is 0 Å². The average molecular weight is 223 g/mol.